The van der Waals surface area contributed by atoms with Crippen molar-refractivity contribution in [3.05, 3.63) is 68.9 Å². The van der Waals surface area contributed by atoms with Gasteiger partial charge in [-0.25, -0.2) is 8.78 Å². The van der Waals surface area contributed by atoms with Crippen LogP contribution in [0.5, 0.6) is 0 Å². The molecule has 0 spiro atoms. The average Bonchev–Trinajstić information content (AvgIpc) is 2.83. The van der Waals surface area contributed by atoms with Crippen molar-refractivity contribution in [2.45, 2.75) is 6.92 Å². The minimum absolute atomic E-state index is 0.0962. The van der Waals surface area contributed by atoms with Crippen LogP contribution in [-0.4, -0.2) is 14.7 Å². The van der Waals surface area contributed by atoms with E-state index < -0.39 is 22.2 Å². The maximum absolute atomic E-state index is 13.4. The summed E-state index contributed by atoms with van der Waals surface area (Å²) in [6.45, 7) is 1.74. The van der Waals surface area contributed by atoms with Crippen molar-refractivity contribution in [1.29, 1.82) is 0 Å². The third-order valence-corrected chi connectivity index (χ3v) is 4.14. The molecular formula is C17H13ClF2N4O2. The Balaban J connectivity index is 2.15. The van der Waals surface area contributed by atoms with E-state index in [-0.39, 0.29) is 10.7 Å². The molecule has 134 valence electrons. The molecule has 0 amide bonds. The summed E-state index contributed by atoms with van der Waals surface area (Å²) in [6.07, 6.45) is 0. The van der Waals surface area contributed by atoms with Gasteiger partial charge in [-0.3, -0.25) is 14.8 Å². The van der Waals surface area contributed by atoms with Gasteiger partial charge in [0.05, 0.1) is 21.7 Å². The summed E-state index contributed by atoms with van der Waals surface area (Å²) in [5.74, 6) is -0.792. The lowest BCUT2D eigenvalue weighted by Gasteiger charge is -2.11. The van der Waals surface area contributed by atoms with Crippen LogP contribution in [0.3, 0.4) is 0 Å². The highest BCUT2D eigenvalue weighted by Gasteiger charge is 2.22. The molecule has 0 saturated heterocycles. The van der Waals surface area contributed by atoms with Crippen LogP contribution in [0.4, 0.5) is 26.0 Å². The number of hydrogen-bond donors (Lipinski definition) is 1. The van der Waals surface area contributed by atoms with E-state index in [0.717, 1.165) is 12.1 Å². The summed E-state index contributed by atoms with van der Waals surface area (Å²) in [5.41, 5.74) is 1.36. The Morgan fingerprint density at radius 2 is 1.85 bits per heavy atom. The van der Waals surface area contributed by atoms with E-state index in [9.17, 15) is 18.9 Å². The van der Waals surface area contributed by atoms with Gasteiger partial charge in [0.2, 0.25) is 0 Å². The summed E-state index contributed by atoms with van der Waals surface area (Å²) in [6, 6.07) is 7.15. The van der Waals surface area contributed by atoms with Crippen molar-refractivity contribution in [3.63, 3.8) is 0 Å². The van der Waals surface area contributed by atoms with Crippen LogP contribution in [0.25, 0.3) is 11.1 Å². The number of anilines is 2. The number of nitrogens with zero attached hydrogens (tertiary/aromatic N) is 3. The molecule has 0 aliphatic heterocycles. The maximum atomic E-state index is 13.4. The van der Waals surface area contributed by atoms with E-state index in [0.29, 0.717) is 22.6 Å². The van der Waals surface area contributed by atoms with Gasteiger partial charge in [-0.05, 0) is 37.3 Å². The molecule has 0 unspecified atom stereocenters. The fourth-order valence-electron chi connectivity index (χ4n) is 2.71. The van der Waals surface area contributed by atoms with Crippen LogP contribution >= 0.6 is 11.6 Å². The number of benzene rings is 2. The second-order valence-corrected chi connectivity index (χ2v) is 6.01. The second kappa shape index (κ2) is 6.72. The Morgan fingerprint density at radius 3 is 2.50 bits per heavy atom. The van der Waals surface area contributed by atoms with Crippen molar-refractivity contribution >= 4 is 28.8 Å². The fraction of sp³-hybridized carbons (Fsp3) is 0.118. The van der Waals surface area contributed by atoms with Crippen LogP contribution in [0, 0.1) is 28.7 Å². The Hall–Kier alpha value is -3.00. The molecule has 0 bridgehead atoms. The molecule has 1 N–H and O–H groups in total. The number of aryl methyl sites for hydroxylation is 2. The zero-order valence-electron chi connectivity index (χ0n) is 13.8. The van der Waals surface area contributed by atoms with Crippen molar-refractivity contribution in [1.82, 2.24) is 9.78 Å². The summed E-state index contributed by atoms with van der Waals surface area (Å²) < 4.78 is 28.2. The third kappa shape index (κ3) is 3.23. The molecule has 26 heavy (non-hydrogen) atoms. The molecule has 3 aromatic rings. The molecule has 0 radical (unpaired) electrons. The van der Waals surface area contributed by atoms with Crippen molar-refractivity contribution in [2.24, 2.45) is 7.05 Å². The lowest BCUT2D eigenvalue weighted by Crippen LogP contribution is -2.03. The number of nitro groups is 1. The van der Waals surface area contributed by atoms with Crippen LogP contribution in [0.15, 0.2) is 36.4 Å². The first-order chi connectivity index (χ1) is 12.3. The van der Waals surface area contributed by atoms with E-state index in [1.54, 1.807) is 14.0 Å². The number of rotatable bonds is 4. The lowest BCUT2D eigenvalue weighted by molar-refractivity contribution is -0.384. The van der Waals surface area contributed by atoms with Gasteiger partial charge in [-0.1, -0.05) is 11.6 Å². The van der Waals surface area contributed by atoms with Crippen LogP contribution < -0.4 is 5.32 Å². The normalized spacial score (nSPS) is 10.8. The highest BCUT2D eigenvalue weighted by molar-refractivity contribution is 6.33. The second-order valence-electron chi connectivity index (χ2n) is 5.60. The van der Waals surface area contributed by atoms with E-state index in [1.807, 2.05) is 0 Å². The first-order valence-electron chi connectivity index (χ1n) is 7.48. The molecular weight excluding hydrogens is 366 g/mol. The monoisotopic (exact) mass is 378 g/mol. The highest BCUT2D eigenvalue weighted by atomic mass is 35.5. The van der Waals surface area contributed by atoms with Gasteiger partial charge in [-0.15, -0.1) is 0 Å². The summed E-state index contributed by atoms with van der Waals surface area (Å²) in [7, 11) is 1.64. The molecule has 2 aromatic carbocycles. The molecule has 1 heterocycles. The Kier molecular flexibility index (Phi) is 4.60. The molecule has 3 rings (SSSR count). The predicted molar refractivity (Wildman–Crippen MR) is 94.7 cm³/mol. The van der Waals surface area contributed by atoms with Crippen molar-refractivity contribution in [2.75, 3.05) is 5.32 Å². The van der Waals surface area contributed by atoms with Gasteiger partial charge >= 0.3 is 0 Å². The molecule has 6 nitrogen and oxygen atoms in total. The quantitative estimate of drug-likeness (QED) is 0.513. The molecule has 1 aromatic heterocycles. The van der Waals surface area contributed by atoms with Gasteiger partial charge in [0.25, 0.3) is 5.69 Å². The minimum atomic E-state index is -0.717. The zero-order valence-corrected chi connectivity index (χ0v) is 14.5. The van der Waals surface area contributed by atoms with Gasteiger partial charge in [0, 0.05) is 18.2 Å². The van der Waals surface area contributed by atoms with Gasteiger partial charge < -0.3 is 5.32 Å². The maximum Gasteiger partial charge on any atom is 0.295 e. The van der Waals surface area contributed by atoms with E-state index >= 15 is 0 Å². The number of aromatic nitrogens is 2. The zero-order chi connectivity index (χ0) is 19.0. The van der Waals surface area contributed by atoms with Gasteiger partial charge in [-0.2, -0.15) is 5.10 Å². The van der Waals surface area contributed by atoms with Crippen molar-refractivity contribution in [3.8, 4) is 11.1 Å². The van der Waals surface area contributed by atoms with E-state index in [4.69, 9.17) is 11.6 Å². The Bertz CT molecular complexity index is 1020. The molecule has 0 fully saturated rings. The Labute approximate surface area is 152 Å². The standard InChI is InChI=1S/C17H13ClF2N4O2/c1-9-16(12-5-3-10(19)7-13(12)18)17(23(2)22-9)21-14-6-4-11(20)8-15(14)24(25)26/h3-8,21H,1-2H3. The first kappa shape index (κ1) is 17.8. The number of nitrogens with one attached hydrogen (secondary N) is 1. The van der Waals surface area contributed by atoms with Gasteiger partial charge in [0.15, 0.2) is 0 Å². The highest BCUT2D eigenvalue weighted by Crippen LogP contribution is 2.38. The number of halogens is 3. The lowest BCUT2D eigenvalue weighted by atomic mass is 10.1. The molecule has 0 aliphatic rings. The van der Waals surface area contributed by atoms with Crippen LogP contribution in [0.1, 0.15) is 5.69 Å². The fourth-order valence-corrected chi connectivity index (χ4v) is 2.97. The predicted octanol–water partition coefficient (Wildman–Crippen LogP) is 4.98. The summed E-state index contributed by atoms with van der Waals surface area (Å²) in [4.78, 5) is 10.5. The van der Waals surface area contributed by atoms with Gasteiger partial charge in [0.1, 0.15) is 23.1 Å². The van der Waals surface area contributed by atoms with Crippen molar-refractivity contribution < 1.29 is 13.7 Å². The van der Waals surface area contributed by atoms with Crippen LogP contribution in [-0.2, 0) is 7.05 Å². The SMILES string of the molecule is Cc1nn(C)c(Nc2ccc(F)cc2[N+](=O)[O-])c1-c1ccc(F)cc1Cl. The summed E-state index contributed by atoms with van der Waals surface area (Å²) in [5, 5.41) is 18.6. The number of hydrogen-bond acceptors (Lipinski definition) is 4. The van der Waals surface area contributed by atoms with E-state index in [1.165, 1.54) is 28.9 Å². The third-order valence-electron chi connectivity index (χ3n) is 3.83. The molecule has 0 atom stereocenters. The number of nitro benzene ring substituents is 1. The average molecular weight is 379 g/mol. The topological polar surface area (TPSA) is 73.0 Å². The molecule has 0 saturated carbocycles. The molecule has 9 heteroatoms. The van der Waals surface area contributed by atoms with Crippen LogP contribution in [0.2, 0.25) is 5.02 Å². The van der Waals surface area contributed by atoms with E-state index in [2.05, 4.69) is 10.4 Å². The minimum Gasteiger partial charge on any atom is -0.334 e. The first-order valence-corrected chi connectivity index (χ1v) is 7.85. The molecule has 0 aliphatic carbocycles. The smallest absolute Gasteiger partial charge is 0.295 e. The largest absolute Gasteiger partial charge is 0.334 e. The Morgan fingerprint density at radius 1 is 1.19 bits per heavy atom. The summed E-state index contributed by atoms with van der Waals surface area (Å²) >= 11 is 6.16.